The molecule has 0 atom stereocenters. The molecule has 2 amide bonds. The van der Waals surface area contributed by atoms with Crippen LogP contribution in [-0.2, 0) is 0 Å². The quantitative estimate of drug-likeness (QED) is 0.745. The lowest BCUT2D eigenvalue weighted by molar-refractivity contribution is 0.196. The van der Waals surface area contributed by atoms with Gasteiger partial charge >= 0.3 is 6.03 Å². The first-order valence-corrected chi connectivity index (χ1v) is 8.95. The van der Waals surface area contributed by atoms with Gasteiger partial charge in [0.05, 0.1) is 18.4 Å². The van der Waals surface area contributed by atoms with Crippen molar-refractivity contribution >= 4 is 29.1 Å². The van der Waals surface area contributed by atoms with Crippen LogP contribution in [0.2, 0.25) is 5.02 Å². The van der Waals surface area contributed by atoms with Crippen molar-refractivity contribution in [3.63, 3.8) is 0 Å². The molecule has 2 aliphatic heterocycles. The molecule has 1 saturated heterocycles. The first-order chi connectivity index (χ1) is 13.0. The predicted molar refractivity (Wildman–Crippen MR) is 97.6 cm³/mol. The molecule has 0 radical (unpaired) electrons. The van der Waals surface area contributed by atoms with Crippen LogP contribution in [0.25, 0.3) is 0 Å². The fourth-order valence-electron chi connectivity index (χ4n) is 3.31. The summed E-state index contributed by atoms with van der Waals surface area (Å²) in [5.74, 6) is -0.724. The van der Waals surface area contributed by atoms with Gasteiger partial charge in [-0.05, 0) is 12.1 Å². The second-order valence-electron chi connectivity index (χ2n) is 6.33. The number of ether oxygens (including phenoxy) is 1. The van der Waals surface area contributed by atoms with Gasteiger partial charge in [-0.2, -0.15) is 0 Å². The van der Waals surface area contributed by atoms with Gasteiger partial charge in [-0.1, -0.05) is 11.6 Å². The molecule has 142 valence electrons. The van der Waals surface area contributed by atoms with Crippen LogP contribution < -0.4 is 14.5 Å². The molecule has 3 heterocycles. The number of fused-ring (bicyclic) bond motifs is 1. The van der Waals surface area contributed by atoms with Crippen molar-refractivity contribution in [2.75, 3.05) is 49.1 Å². The molecular formula is C18H17ClF2N4O2. The molecule has 1 aromatic carbocycles. The molecule has 4 rings (SSSR count). The number of hydrogen-bond acceptors (Lipinski definition) is 4. The van der Waals surface area contributed by atoms with Crippen LogP contribution in [0.4, 0.5) is 25.1 Å². The maximum Gasteiger partial charge on any atom is 0.324 e. The molecule has 1 aromatic heterocycles. The Morgan fingerprint density at radius 1 is 1.11 bits per heavy atom. The van der Waals surface area contributed by atoms with Crippen molar-refractivity contribution in [2.24, 2.45) is 0 Å². The Morgan fingerprint density at radius 3 is 2.63 bits per heavy atom. The highest BCUT2D eigenvalue weighted by atomic mass is 35.5. The van der Waals surface area contributed by atoms with E-state index in [1.165, 1.54) is 0 Å². The Balaban J connectivity index is 1.45. The SMILES string of the molecule is O=C(N1CCN(c2ncc(F)cc2F)CC1)N1CCOc2cc(Cl)ccc21. The number of amides is 2. The van der Waals surface area contributed by atoms with Crippen molar-refractivity contribution in [1.82, 2.24) is 9.88 Å². The first kappa shape index (κ1) is 17.8. The minimum atomic E-state index is -0.712. The van der Waals surface area contributed by atoms with E-state index in [-0.39, 0.29) is 11.8 Å². The molecule has 0 aliphatic carbocycles. The minimum absolute atomic E-state index is 0.106. The van der Waals surface area contributed by atoms with Gasteiger partial charge in [0.25, 0.3) is 0 Å². The second kappa shape index (κ2) is 7.19. The third-order valence-electron chi connectivity index (χ3n) is 4.65. The van der Waals surface area contributed by atoms with Crippen LogP contribution >= 0.6 is 11.6 Å². The lowest BCUT2D eigenvalue weighted by atomic mass is 10.2. The Hall–Kier alpha value is -2.61. The molecule has 9 heteroatoms. The summed E-state index contributed by atoms with van der Waals surface area (Å²) in [6.07, 6.45) is 0.992. The second-order valence-corrected chi connectivity index (χ2v) is 6.76. The van der Waals surface area contributed by atoms with E-state index in [1.54, 1.807) is 32.9 Å². The summed E-state index contributed by atoms with van der Waals surface area (Å²) in [6.45, 7) is 2.50. The zero-order valence-corrected chi connectivity index (χ0v) is 15.1. The van der Waals surface area contributed by atoms with Crippen molar-refractivity contribution in [3.05, 3.63) is 47.1 Å². The maximum atomic E-state index is 13.9. The molecule has 2 aromatic rings. The molecule has 0 N–H and O–H groups in total. The average Bonchev–Trinajstić information content (AvgIpc) is 2.67. The summed E-state index contributed by atoms with van der Waals surface area (Å²) < 4.78 is 32.5. The topological polar surface area (TPSA) is 48.9 Å². The number of carbonyl (C=O) groups is 1. The molecule has 0 saturated carbocycles. The minimum Gasteiger partial charge on any atom is -0.489 e. The van der Waals surface area contributed by atoms with Gasteiger partial charge in [0, 0.05) is 43.3 Å². The normalized spacial score (nSPS) is 16.8. The Labute approximate surface area is 159 Å². The van der Waals surface area contributed by atoms with Crippen LogP contribution in [0.1, 0.15) is 0 Å². The molecule has 2 aliphatic rings. The molecule has 0 unspecified atom stereocenters. The van der Waals surface area contributed by atoms with E-state index >= 15 is 0 Å². The van der Waals surface area contributed by atoms with Crippen LogP contribution in [-0.4, -0.2) is 55.2 Å². The summed E-state index contributed by atoms with van der Waals surface area (Å²) in [7, 11) is 0. The highest BCUT2D eigenvalue weighted by Crippen LogP contribution is 2.34. The van der Waals surface area contributed by atoms with Crippen molar-refractivity contribution < 1.29 is 18.3 Å². The Morgan fingerprint density at radius 2 is 1.89 bits per heavy atom. The molecular weight excluding hydrogens is 378 g/mol. The van der Waals surface area contributed by atoms with E-state index in [1.807, 2.05) is 0 Å². The summed E-state index contributed by atoms with van der Waals surface area (Å²) in [5, 5.41) is 0.547. The van der Waals surface area contributed by atoms with E-state index in [2.05, 4.69) is 4.98 Å². The number of halogens is 3. The smallest absolute Gasteiger partial charge is 0.324 e. The third kappa shape index (κ3) is 3.49. The maximum absolute atomic E-state index is 13.9. The lowest BCUT2D eigenvalue weighted by Gasteiger charge is -2.39. The van der Waals surface area contributed by atoms with Gasteiger partial charge in [-0.3, -0.25) is 4.90 Å². The van der Waals surface area contributed by atoms with Gasteiger partial charge in [0.1, 0.15) is 18.2 Å². The predicted octanol–water partition coefficient (Wildman–Crippen LogP) is 3.15. The van der Waals surface area contributed by atoms with E-state index in [4.69, 9.17) is 16.3 Å². The molecule has 6 nitrogen and oxygen atoms in total. The number of aromatic nitrogens is 1. The zero-order chi connectivity index (χ0) is 19.0. The molecule has 1 fully saturated rings. The number of urea groups is 1. The van der Waals surface area contributed by atoms with Crippen molar-refractivity contribution in [2.45, 2.75) is 0 Å². The highest BCUT2D eigenvalue weighted by molar-refractivity contribution is 6.30. The summed E-state index contributed by atoms with van der Waals surface area (Å²) in [4.78, 5) is 21.9. The Kier molecular flexibility index (Phi) is 4.73. The number of benzene rings is 1. The number of nitrogens with zero attached hydrogens (tertiary/aromatic N) is 4. The summed E-state index contributed by atoms with van der Waals surface area (Å²) in [6, 6.07) is 5.86. The molecule has 0 bridgehead atoms. The van der Waals surface area contributed by atoms with Gasteiger partial charge in [0.15, 0.2) is 11.6 Å². The zero-order valence-electron chi connectivity index (χ0n) is 14.4. The number of piperazine rings is 1. The van der Waals surface area contributed by atoms with Gasteiger partial charge < -0.3 is 14.5 Å². The molecule has 0 spiro atoms. The van der Waals surface area contributed by atoms with Crippen molar-refractivity contribution in [1.29, 1.82) is 0 Å². The highest BCUT2D eigenvalue weighted by Gasteiger charge is 2.30. The third-order valence-corrected chi connectivity index (χ3v) is 4.89. The Bertz CT molecular complexity index is 874. The average molecular weight is 395 g/mol. The number of carbonyl (C=O) groups excluding carboxylic acids is 1. The number of rotatable bonds is 1. The van der Waals surface area contributed by atoms with Crippen molar-refractivity contribution in [3.8, 4) is 5.75 Å². The number of hydrogen-bond donors (Lipinski definition) is 0. The van der Waals surface area contributed by atoms with E-state index in [9.17, 15) is 13.6 Å². The van der Waals surface area contributed by atoms with E-state index in [0.29, 0.717) is 55.8 Å². The lowest BCUT2D eigenvalue weighted by Crippen LogP contribution is -2.54. The summed E-state index contributed by atoms with van der Waals surface area (Å²) >= 11 is 5.99. The van der Waals surface area contributed by atoms with Crippen LogP contribution in [0.15, 0.2) is 30.5 Å². The molecule has 27 heavy (non-hydrogen) atoms. The fourth-order valence-corrected chi connectivity index (χ4v) is 3.47. The fraction of sp³-hybridized carbons (Fsp3) is 0.333. The summed E-state index contributed by atoms with van der Waals surface area (Å²) in [5.41, 5.74) is 0.685. The van der Waals surface area contributed by atoms with Crippen LogP contribution in [0.5, 0.6) is 5.75 Å². The van der Waals surface area contributed by atoms with Gasteiger partial charge in [-0.15, -0.1) is 0 Å². The standard InChI is InChI=1S/C18H17ClF2N4O2/c19-12-1-2-15-16(9-12)27-8-7-25(15)18(26)24-5-3-23(4-6-24)17-14(21)10-13(20)11-22-17/h1-2,9-11H,3-8H2. The first-order valence-electron chi connectivity index (χ1n) is 8.58. The van der Waals surface area contributed by atoms with Crippen LogP contribution in [0.3, 0.4) is 0 Å². The monoisotopic (exact) mass is 394 g/mol. The van der Waals surface area contributed by atoms with Gasteiger partial charge in [0.2, 0.25) is 0 Å². The van der Waals surface area contributed by atoms with Crippen LogP contribution in [0, 0.1) is 11.6 Å². The van der Waals surface area contributed by atoms with E-state index < -0.39 is 11.6 Å². The largest absolute Gasteiger partial charge is 0.489 e. The van der Waals surface area contributed by atoms with E-state index in [0.717, 1.165) is 12.3 Å². The number of pyridine rings is 1. The van der Waals surface area contributed by atoms with Gasteiger partial charge in [-0.25, -0.2) is 18.6 Å². The number of anilines is 2.